The highest BCUT2D eigenvalue weighted by molar-refractivity contribution is 6.00. The number of ether oxygens (including phenoxy) is 2. The van der Waals surface area contributed by atoms with E-state index in [1.54, 1.807) is 0 Å². The summed E-state index contributed by atoms with van der Waals surface area (Å²) in [5.41, 5.74) is 1.02. The smallest absolute Gasteiger partial charge is 0.246 e. The number of hydrogen-bond donors (Lipinski definition) is 1. The van der Waals surface area contributed by atoms with Gasteiger partial charge in [-0.1, -0.05) is 6.07 Å². The zero-order chi connectivity index (χ0) is 14.8. The Morgan fingerprint density at radius 2 is 2.00 bits per heavy atom. The van der Waals surface area contributed by atoms with Crippen LogP contribution in [0.1, 0.15) is 18.4 Å². The molecule has 1 N–H and O–H groups in total. The van der Waals surface area contributed by atoms with Crippen LogP contribution in [0.3, 0.4) is 0 Å². The first-order valence-corrected chi connectivity index (χ1v) is 7.07. The van der Waals surface area contributed by atoms with Crippen LogP contribution in [0.5, 0.6) is 11.5 Å². The van der Waals surface area contributed by atoms with Gasteiger partial charge >= 0.3 is 0 Å². The number of fused-ring (bicyclic) bond motifs is 1. The Labute approximate surface area is 123 Å². The van der Waals surface area contributed by atoms with E-state index in [1.807, 2.05) is 18.2 Å². The molecule has 2 heterocycles. The molecule has 0 bridgehead atoms. The lowest BCUT2D eigenvalue weighted by atomic mass is 10.0. The molecule has 112 valence electrons. The zero-order valence-corrected chi connectivity index (χ0v) is 11.9. The number of benzene rings is 1. The van der Waals surface area contributed by atoms with Crippen molar-refractivity contribution in [3.63, 3.8) is 0 Å². The molecule has 0 spiro atoms. The average Bonchev–Trinajstić information content (AvgIpc) is 2.52. The van der Waals surface area contributed by atoms with Crippen LogP contribution < -0.4 is 14.8 Å². The molecule has 6 nitrogen and oxygen atoms in total. The summed E-state index contributed by atoms with van der Waals surface area (Å²) >= 11 is 0. The molecule has 2 aliphatic heterocycles. The second kappa shape index (κ2) is 5.73. The maximum Gasteiger partial charge on any atom is 0.246 e. The summed E-state index contributed by atoms with van der Waals surface area (Å²) in [7, 11) is 1.53. The summed E-state index contributed by atoms with van der Waals surface area (Å²) in [5, 5.41) is 3.21. The third-order valence-electron chi connectivity index (χ3n) is 3.81. The van der Waals surface area contributed by atoms with E-state index in [4.69, 9.17) is 9.47 Å². The van der Waals surface area contributed by atoms with E-state index in [0.29, 0.717) is 32.6 Å². The molecule has 6 heteroatoms. The van der Waals surface area contributed by atoms with Crippen LogP contribution in [0.2, 0.25) is 0 Å². The van der Waals surface area contributed by atoms with Crippen LogP contribution in [0.15, 0.2) is 18.2 Å². The quantitative estimate of drug-likeness (QED) is 0.830. The summed E-state index contributed by atoms with van der Waals surface area (Å²) in [5.74, 6) is 1.22. The SMILES string of the molecule is CN1C(=O)CCC(NCc2ccc3c(c2)OCCO3)C1=O. The van der Waals surface area contributed by atoms with Gasteiger partial charge in [0.2, 0.25) is 11.8 Å². The van der Waals surface area contributed by atoms with E-state index < -0.39 is 0 Å². The van der Waals surface area contributed by atoms with Gasteiger partial charge in [-0.3, -0.25) is 14.5 Å². The van der Waals surface area contributed by atoms with Crippen LogP contribution in [0.4, 0.5) is 0 Å². The molecular formula is C15H18N2O4. The van der Waals surface area contributed by atoms with E-state index in [0.717, 1.165) is 17.1 Å². The van der Waals surface area contributed by atoms with Crippen molar-refractivity contribution in [1.29, 1.82) is 0 Å². The molecular weight excluding hydrogens is 272 g/mol. The number of piperidine rings is 1. The van der Waals surface area contributed by atoms with E-state index in [2.05, 4.69) is 5.32 Å². The monoisotopic (exact) mass is 290 g/mol. The van der Waals surface area contributed by atoms with E-state index in [1.165, 1.54) is 11.9 Å². The molecule has 3 rings (SSSR count). The first kappa shape index (κ1) is 13.9. The van der Waals surface area contributed by atoms with Gasteiger partial charge in [0.05, 0.1) is 6.04 Å². The summed E-state index contributed by atoms with van der Waals surface area (Å²) in [6.07, 6.45) is 0.952. The lowest BCUT2D eigenvalue weighted by Crippen LogP contribution is -2.51. The van der Waals surface area contributed by atoms with Crippen molar-refractivity contribution in [2.75, 3.05) is 20.3 Å². The maximum atomic E-state index is 12.0. The van der Waals surface area contributed by atoms with Crippen molar-refractivity contribution < 1.29 is 19.1 Å². The zero-order valence-electron chi connectivity index (χ0n) is 11.9. The molecule has 0 radical (unpaired) electrons. The Hall–Kier alpha value is -2.08. The van der Waals surface area contributed by atoms with Crippen molar-refractivity contribution >= 4 is 11.8 Å². The third-order valence-corrected chi connectivity index (χ3v) is 3.81. The molecule has 1 aromatic carbocycles. The van der Waals surface area contributed by atoms with Gasteiger partial charge < -0.3 is 14.8 Å². The normalized spacial score (nSPS) is 21.6. The minimum absolute atomic E-state index is 0.114. The van der Waals surface area contributed by atoms with Crippen molar-refractivity contribution in [3.8, 4) is 11.5 Å². The highest BCUT2D eigenvalue weighted by Gasteiger charge is 2.31. The highest BCUT2D eigenvalue weighted by Crippen LogP contribution is 2.30. The largest absolute Gasteiger partial charge is 0.486 e. The van der Waals surface area contributed by atoms with Gasteiger partial charge in [-0.05, 0) is 24.1 Å². The van der Waals surface area contributed by atoms with Crippen molar-refractivity contribution in [1.82, 2.24) is 10.2 Å². The minimum atomic E-state index is -0.305. The van der Waals surface area contributed by atoms with Crippen molar-refractivity contribution in [2.45, 2.75) is 25.4 Å². The first-order valence-electron chi connectivity index (χ1n) is 7.07. The Morgan fingerprint density at radius 3 is 2.81 bits per heavy atom. The van der Waals surface area contributed by atoms with Gasteiger partial charge in [0.15, 0.2) is 11.5 Å². The number of nitrogens with zero attached hydrogens (tertiary/aromatic N) is 1. The van der Waals surface area contributed by atoms with Crippen LogP contribution in [-0.2, 0) is 16.1 Å². The maximum absolute atomic E-state index is 12.0. The first-order chi connectivity index (χ1) is 10.1. The Morgan fingerprint density at radius 1 is 1.24 bits per heavy atom. The Balaban J connectivity index is 1.62. The number of carbonyl (C=O) groups is 2. The van der Waals surface area contributed by atoms with Gasteiger partial charge in [0.1, 0.15) is 13.2 Å². The molecule has 0 aromatic heterocycles. The molecule has 2 amide bonds. The molecule has 2 aliphatic rings. The van der Waals surface area contributed by atoms with Gasteiger partial charge in [-0.2, -0.15) is 0 Å². The number of hydrogen-bond acceptors (Lipinski definition) is 5. The van der Waals surface area contributed by atoms with E-state index in [9.17, 15) is 9.59 Å². The number of rotatable bonds is 3. The van der Waals surface area contributed by atoms with Crippen LogP contribution in [0, 0.1) is 0 Å². The molecule has 1 atom stereocenters. The lowest BCUT2D eigenvalue weighted by Gasteiger charge is -2.28. The molecule has 0 aliphatic carbocycles. The van der Waals surface area contributed by atoms with Gasteiger partial charge in [-0.25, -0.2) is 0 Å². The second-order valence-electron chi connectivity index (χ2n) is 5.24. The van der Waals surface area contributed by atoms with Gasteiger partial charge in [-0.15, -0.1) is 0 Å². The summed E-state index contributed by atoms with van der Waals surface area (Å²) in [6.45, 7) is 1.68. The van der Waals surface area contributed by atoms with Gasteiger partial charge in [0.25, 0.3) is 0 Å². The van der Waals surface area contributed by atoms with Crippen LogP contribution in [-0.4, -0.2) is 43.0 Å². The van der Waals surface area contributed by atoms with Crippen molar-refractivity contribution in [2.24, 2.45) is 0 Å². The van der Waals surface area contributed by atoms with E-state index in [-0.39, 0.29) is 17.9 Å². The number of carbonyl (C=O) groups excluding carboxylic acids is 2. The number of imide groups is 1. The fourth-order valence-corrected chi connectivity index (χ4v) is 2.54. The minimum Gasteiger partial charge on any atom is -0.486 e. The van der Waals surface area contributed by atoms with Crippen LogP contribution in [0.25, 0.3) is 0 Å². The molecule has 0 saturated carbocycles. The van der Waals surface area contributed by atoms with Crippen LogP contribution >= 0.6 is 0 Å². The Kier molecular flexibility index (Phi) is 3.79. The summed E-state index contributed by atoms with van der Waals surface area (Å²) in [6, 6.07) is 5.44. The van der Waals surface area contributed by atoms with Crippen molar-refractivity contribution in [3.05, 3.63) is 23.8 Å². The summed E-state index contributed by atoms with van der Waals surface area (Å²) in [4.78, 5) is 24.6. The molecule has 21 heavy (non-hydrogen) atoms. The fourth-order valence-electron chi connectivity index (χ4n) is 2.54. The summed E-state index contributed by atoms with van der Waals surface area (Å²) < 4.78 is 11.0. The number of amides is 2. The lowest BCUT2D eigenvalue weighted by molar-refractivity contribution is -0.148. The predicted molar refractivity (Wildman–Crippen MR) is 75.1 cm³/mol. The van der Waals surface area contributed by atoms with Gasteiger partial charge in [0, 0.05) is 20.0 Å². The number of likely N-dealkylation sites (N-methyl/N-ethyl adjacent to an activating group) is 1. The highest BCUT2D eigenvalue weighted by atomic mass is 16.6. The molecule has 1 unspecified atom stereocenters. The number of nitrogens with one attached hydrogen (secondary N) is 1. The fraction of sp³-hybridized carbons (Fsp3) is 0.467. The third kappa shape index (κ3) is 2.85. The molecule has 1 saturated heterocycles. The second-order valence-corrected chi connectivity index (χ2v) is 5.24. The van der Waals surface area contributed by atoms with E-state index >= 15 is 0 Å². The predicted octanol–water partition coefficient (Wildman–Crippen LogP) is 0.695. The standard InChI is InChI=1S/C15H18N2O4/c1-17-14(18)5-3-11(15(17)19)16-9-10-2-4-12-13(8-10)21-7-6-20-12/h2,4,8,11,16H,3,5-7,9H2,1H3. The topological polar surface area (TPSA) is 67.9 Å². The average molecular weight is 290 g/mol. The molecule has 1 fully saturated rings. The number of likely N-dealkylation sites (tertiary alicyclic amines) is 1. The Bertz CT molecular complexity index is 573. The molecule has 1 aromatic rings.